The van der Waals surface area contributed by atoms with Gasteiger partial charge in [-0.1, -0.05) is 123 Å². The molecule has 1 spiro atoms. The summed E-state index contributed by atoms with van der Waals surface area (Å²) in [5.74, 6) is 5.65. The highest BCUT2D eigenvalue weighted by molar-refractivity contribution is 6.62. The highest BCUT2D eigenvalue weighted by atomic mass is 16.7. The summed E-state index contributed by atoms with van der Waals surface area (Å²) in [4.78, 5) is 0. The van der Waals surface area contributed by atoms with Crippen LogP contribution >= 0.6 is 0 Å². The first-order chi connectivity index (χ1) is 30.4. The van der Waals surface area contributed by atoms with Crippen LogP contribution in [0.4, 0.5) is 0 Å². The smallest absolute Gasteiger partial charge is 0.399 e. The molecule has 9 atom stereocenters. The van der Waals surface area contributed by atoms with Gasteiger partial charge in [-0.15, -0.1) is 0 Å². The van der Waals surface area contributed by atoms with Gasteiger partial charge in [0.15, 0.2) is 0 Å². The number of hydrogen-bond acceptors (Lipinski definition) is 3. The predicted molar refractivity (Wildman–Crippen MR) is 258 cm³/mol. The Labute approximate surface area is 379 Å². The first kappa shape index (κ1) is 40.1. The third kappa shape index (κ3) is 5.62. The molecule has 0 aromatic heterocycles. The third-order valence-corrected chi connectivity index (χ3v) is 21.6. The van der Waals surface area contributed by atoms with E-state index in [1.165, 1.54) is 137 Å². The fourth-order valence-corrected chi connectivity index (χ4v) is 17.9. The molecule has 10 fully saturated rings. The van der Waals surface area contributed by atoms with Crippen molar-refractivity contribution in [3.8, 4) is 22.3 Å². The fraction of sp³-hybridized carbons (Fsp3) is 0.593. The van der Waals surface area contributed by atoms with E-state index in [0.29, 0.717) is 27.2 Å². The second-order valence-electron chi connectivity index (χ2n) is 24.6. The molecule has 0 amide bonds. The van der Waals surface area contributed by atoms with E-state index in [9.17, 15) is 0 Å². The Morgan fingerprint density at radius 1 is 0.508 bits per heavy atom. The molecule has 8 bridgehead atoms. The van der Waals surface area contributed by atoms with Gasteiger partial charge in [0.2, 0.25) is 0 Å². The largest absolute Gasteiger partial charge is 0.494 e. The van der Waals surface area contributed by atoms with E-state index in [-0.39, 0.29) is 18.3 Å². The molecule has 1 aliphatic heterocycles. The summed E-state index contributed by atoms with van der Waals surface area (Å²) in [6, 6.07) is 38.9. The van der Waals surface area contributed by atoms with Gasteiger partial charge in [-0.25, -0.2) is 0 Å². The van der Waals surface area contributed by atoms with Crippen molar-refractivity contribution in [2.75, 3.05) is 6.54 Å². The Kier molecular flexibility index (Phi) is 8.73. The first-order valence-electron chi connectivity index (χ1n) is 25.9. The van der Waals surface area contributed by atoms with Gasteiger partial charge in [-0.2, -0.15) is 0 Å². The minimum absolute atomic E-state index is 0.278. The molecule has 1 heterocycles. The summed E-state index contributed by atoms with van der Waals surface area (Å²) in [6.45, 7) is 12.1. The van der Waals surface area contributed by atoms with Crippen LogP contribution in [0.15, 0.2) is 97.1 Å². The van der Waals surface area contributed by atoms with Gasteiger partial charge >= 0.3 is 7.12 Å². The Morgan fingerprint density at radius 2 is 0.984 bits per heavy atom. The summed E-state index contributed by atoms with van der Waals surface area (Å²) in [7, 11) is -0.278. The van der Waals surface area contributed by atoms with Crippen LogP contribution < -0.4 is 10.8 Å². The van der Waals surface area contributed by atoms with Crippen LogP contribution in [0.1, 0.15) is 154 Å². The summed E-state index contributed by atoms with van der Waals surface area (Å²) in [5, 5.41) is 4.05. The van der Waals surface area contributed by atoms with Crippen molar-refractivity contribution in [3.05, 3.63) is 114 Å². The predicted octanol–water partition coefficient (Wildman–Crippen LogP) is 13.1. The zero-order valence-corrected chi connectivity index (χ0v) is 39.1. The molecule has 4 aromatic carbocycles. The second kappa shape index (κ2) is 13.7. The Bertz CT molecular complexity index is 2360. The lowest BCUT2D eigenvalue weighted by atomic mass is 9.43. The van der Waals surface area contributed by atoms with E-state index in [4.69, 9.17) is 9.31 Å². The molecular weight excluding hydrogens is 765 g/mol. The lowest BCUT2D eigenvalue weighted by Gasteiger charge is -2.61. The van der Waals surface area contributed by atoms with Gasteiger partial charge in [0.1, 0.15) is 0 Å². The number of nitrogens with one attached hydrogen (secondary N) is 1. The molecule has 9 unspecified atom stereocenters. The monoisotopic (exact) mass is 838 g/mol. The lowest BCUT2D eigenvalue weighted by molar-refractivity contribution is -0.123. The fourth-order valence-electron chi connectivity index (χ4n) is 17.9. The molecule has 4 heteroatoms. The van der Waals surface area contributed by atoms with Crippen LogP contribution in [0.3, 0.4) is 0 Å². The maximum atomic E-state index is 6.44. The number of benzene rings is 4. The zero-order valence-electron chi connectivity index (χ0n) is 39.1. The van der Waals surface area contributed by atoms with Crippen molar-refractivity contribution in [2.24, 2.45) is 40.9 Å². The average molecular weight is 838 g/mol. The molecule has 63 heavy (non-hydrogen) atoms. The molecular formula is C59H72BNO2. The maximum absolute atomic E-state index is 6.44. The number of fused-ring (bicyclic) bond motifs is 6. The van der Waals surface area contributed by atoms with Gasteiger partial charge in [0, 0.05) is 5.54 Å². The summed E-state index contributed by atoms with van der Waals surface area (Å²) in [6.07, 6.45) is 22.1. The Morgan fingerprint density at radius 3 is 1.57 bits per heavy atom. The molecule has 1 N–H and O–H groups in total. The van der Waals surface area contributed by atoms with E-state index in [1.807, 2.05) is 0 Å². The van der Waals surface area contributed by atoms with Gasteiger partial charge in [0.05, 0.1) is 11.2 Å². The second-order valence-corrected chi connectivity index (χ2v) is 24.6. The summed E-state index contributed by atoms with van der Waals surface area (Å²) < 4.78 is 12.9. The van der Waals surface area contributed by atoms with Gasteiger partial charge in [-0.3, -0.25) is 0 Å². The molecule has 3 nitrogen and oxygen atoms in total. The highest BCUT2D eigenvalue weighted by Crippen LogP contribution is 2.90. The third-order valence-electron chi connectivity index (χ3n) is 21.6. The van der Waals surface area contributed by atoms with Crippen LogP contribution in [0.2, 0.25) is 0 Å². The molecule has 0 radical (unpaired) electrons. The van der Waals surface area contributed by atoms with Crippen molar-refractivity contribution in [2.45, 2.75) is 170 Å². The van der Waals surface area contributed by atoms with E-state index >= 15 is 0 Å². The van der Waals surface area contributed by atoms with Crippen molar-refractivity contribution in [1.82, 2.24) is 5.32 Å². The lowest BCUT2D eigenvalue weighted by Crippen LogP contribution is -2.56. The van der Waals surface area contributed by atoms with Crippen LogP contribution in [-0.4, -0.2) is 30.4 Å². The van der Waals surface area contributed by atoms with Crippen molar-refractivity contribution >= 4 is 12.6 Å². The SMILES string of the molecule is CCCCCCNC12CCC(c3ccc(-c4ccc(-c5ccc(C67CC8C9CC%10(c%11ccc(B%12OC(C)(C)C(C)(C)O%12)cc%11)CC%11C(C6)C8C%11(C%10)C9C7)cc5)cc4)cc3)(CC1)CC2. The topological polar surface area (TPSA) is 30.5 Å². The quantitative estimate of drug-likeness (QED) is 0.114. The minimum Gasteiger partial charge on any atom is -0.399 e. The van der Waals surface area contributed by atoms with Crippen molar-refractivity contribution in [1.29, 1.82) is 0 Å². The van der Waals surface area contributed by atoms with Crippen LogP contribution in [-0.2, 0) is 25.6 Å². The molecule has 9 aliphatic carbocycles. The van der Waals surface area contributed by atoms with Crippen molar-refractivity contribution < 1.29 is 9.31 Å². The molecule has 9 saturated carbocycles. The normalized spacial score (nSPS) is 40.2. The standard InChI is InChI=1S/C59H72BNO2/c1-6-7-8-9-32-61-58-29-26-55(27-30-58,28-31-58)43-18-14-41(15-19-43)39-10-12-40(13-11-39)42-16-20-44(21-17-42)56-34-48-47-33-57(37-51-49(35-56)52(48)59(51,38-57)50(47)36-56)45-22-24-46(25-23-45)60-62-53(2,3)54(4,5)63-60/h10-25,47-52,61H,6-9,26-38H2,1-5H3. The first-order valence-corrected chi connectivity index (χ1v) is 25.9. The van der Waals surface area contributed by atoms with Crippen LogP contribution in [0.5, 0.6) is 0 Å². The minimum atomic E-state index is -0.307. The Balaban J connectivity index is 0.669. The molecule has 4 aromatic rings. The van der Waals surface area contributed by atoms with E-state index in [0.717, 1.165) is 35.5 Å². The summed E-state index contributed by atoms with van der Waals surface area (Å²) >= 11 is 0. The number of rotatable bonds is 12. The van der Waals surface area contributed by atoms with Crippen molar-refractivity contribution in [3.63, 3.8) is 0 Å². The van der Waals surface area contributed by atoms with Gasteiger partial charge in [0.25, 0.3) is 0 Å². The van der Waals surface area contributed by atoms with Crippen LogP contribution in [0.25, 0.3) is 22.3 Å². The maximum Gasteiger partial charge on any atom is 0.494 e. The number of hydrogen-bond donors (Lipinski definition) is 1. The molecule has 14 rings (SSSR count). The molecule has 1 saturated heterocycles. The van der Waals surface area contributed by atoms with E-state index < -0.39 is 0 Å². The summed E-state index contributed by atoms with van der Waals surface area (Å²) in [5.41, 5.74) is 13.0. The van der Waals surface area contributed by atoms with E-state index in [1.54, 1.807) is 16.7 Å². The zero-order chi connectivity index (χ0) is 42.6. The van der Waals surface area contributed by atoms with Crippen LogP contribution in [0, 0.1) is 40.9 Å². The molecule has 328 valence electrons. The van der Waals surface area contributed by atoms with E-state index in [2.05, 4.69) is 137 Å². The highest BCUT2D eigenvalue weighted by Gasteiger charge is 2.85. The van der Waals surface area contributed by atoms with Gasteiger partial charge < -0.3 is 14.6 Å². The molecule has 10 aliphatic rings. The van der Waals surface area contributed by atoms with Gasteiger partial charge in [-0.05, 0) is 219 Å². The number of unbranched alkanes of at least 4 members (excludes halogenated alkanes) is 3. The average Bonchev–Trinajstić information content (AvgIpc) is 3.59. The Hall–Kier alpha value is -3.18.